The molecule has 0 aliphatic heterocycles. The molecule has 0 amide bonds. The maximum Gasteiger partial charge on any atom is 0.277 e. The van der Waals surface area contributed by atoms with Gasteiger partial charge in [-0.3, -0.25) is 0 Å². The summed E-state index contributed by atoms with van der Waals surface area (Å²) in [6.07, 6.45) is 0. The monoisotopic (exact) mass is 395 g/mol. The van der Waals surface area contributed by atoms with Gasteiger partial charge in [0.2, 0.25) is 0 Å². The number of benzene rings is 2. The maximum atomic E-state index is 12.4. The predicted molar refractivity (Wildman–Crippen MR) is 83.2 cm³/mol. The zero-order chi connectivity index (χ0) is 14.9. The van der Waals surface area contributed by atoms with Crippen LogP contribution in [0.1, 0.15) is 0 Å². The number of nitrogens with zero attached hydrogens (tertiary/aromatic N) is 1. The molecule has 0 aromatic heterocycles. The van der Waals surface area contributed by atoms with Crippen molar-refractivity contribution in [3.63, 3.8) is 0 Å². The quantitative estimate of drug-likeness (QED) is 0.790. The normalized spacial score (nSPS) is 11.3. The average Bonchev–Trinajstić information content (AvgIpc) is 2.37. The van der Waals surface area contributed by atoms with Gasteiger partial charge >= 0.3 is 0 Å². The molecule has 0 atom stereocenters. The van der Waals surface area contributed by atoms with Crippen LogP contribution in [0.4, 0.5) is 5.69 Å². The molecule has 8 heteroatoms. The van der Waals surface area contributed by atoms with Crippen LogP contribution in [0.15, 0.2) is 47.4 Å². The van der Waals surface area contributed by atoms with Gasteiger partial charge in [0.25, 0.3) is 10.0 Å². The number of sulfonamides is 1. The second-order valence-electron chi connectivity index (χ2n) is 3.82. The Kier molecular flexibility index (Phi) is 4.49. The number of rotatable bonds is 3. The molecule has 1 N–H and O–H groups in total. The SMILES string of the molecule is O=S(=O)(c1ccccc1O)N(Br)c1cc(Cl)cc(Cl)c1. The molecule has 0 radical (unpaired) electrons. The number of aromatic hydroxyl groups is 1. The van der Waals surface area contributed by atoms with Crippen molar-refractivity contribution in [2.45, 2.75) is 4.90 Å². The Morgan fingerprint density at radius 2 is 1.60 bits per heavy atom. The van der Waals surface area contributed by atoms with Gasteiger partial charge in [-0.2, -0.15) is 3.33 Å². The molecule has 0 saturated heterocycles. The van der Waals surface area contributed by atoms with Crippen LogP contribution in [-0.4, -0.2) is 13.5 Å². The van der Waals surface area contributed by atoms with Crippen LogP contribution in [0.25, 0.3) is 0 Å². The third-order valence-electron chi connectivity index (χ3n) is 2.40. The van der Waals surface area contributed by atoms with Gasteiger partial charge in [-0.05, 0) is 30.3 Å². The van der Waals surface area contributed by atoms with Crippen LogP contribution < -0.4 is 3.33 Å². The number of phenols is 1. The number of para-hydroxylation sites is 1. The Bertz CT molecular complexity index is 732. The van der Waals surface area contributed by atoms with E-state index in [1.54, 1.807) is 0 Å². The van der Waals surface area contributed by atoms with Crippen molar-refractivity contribution in [3.8, 4) is 5.75 Å². The van der Waals surface area contributed by atoms with Gasteiger partial charge in [0.05, 0.1) is 21.8 Å². The van der Waals surface area contributed by atoms with Gasteiger partial charge in [0.15, 0.2) is 0 Å². The second-order valence-corrected chi connectivity index (χ2v) is 7.62. The van der Waals surface area contributed by atoms with Gasteiger partial charge in [-0.25, -0.2) is 8.42 Å². The van der Waals surface area contributed by atoms with Crippen LogP contribution in [0, 0.1) is 0 Å². The summed E-state index contributed by atoms with van der Waals surface area (Å²) >= 11 is 14.7. The van der Waals surface area contributed by atoms with Crippen molar-refractivity contribution in [2.24, 2.45) is 0 Å². The minimum Gasteiger partial charge on any atom is -0.507 e. The van der Waals surface area contributed by atoms with Crippen LogP contribution in [0.5, 0.6) is 5.75 Å². The van der Waals surface area contributed by atoms with Crippen molar-refractivity contribution in [3.05, 3.63) is 52.5 Å². The molecule has 0 bridgehead atoms. The number of halogens is 3. The first kappa shape index (κ1) is 15.4. The van der Waals surface area contributed by atoms with Crippen LogP contribution in [0.3, 0.4) is 0 Å². The average molecular weight is 397 g/mol. The topological polar surface area (TPSA) is 57.6 Å². The summed E-state index contributed by atoms with van der Waals surface area (Å²) in [5.74, 6) is -0.343. The third-order valence-corrected chi connectivity index (χ3v) is 5.93. The van der Waals surface area contributed by atoms with E-state index in [4.69, 9.17) is 23.2 Å². The van der Waals surface area contributed by atoms with E-state index in [2.05, 4.69) is 16.1 Å². The second kappa shape index (κ2) is 5.81. The minimum absolute atomic E-state index is 0.228. The lowest BCUT2D eigenvalue weighted by Gasteiger charge is -2.18. The summed E-state index contributed by atoms with van der Waals surface area (Å²) in [5.41, 5.74) is 0.228. The minimum atomic E-state index is -3.97. The fourth-order valence-electron chi connectivity index (χ4n) is 1.54. The predicted octanol–water partition coefficient (Wildman–Crippen LogP) is 4.20. The fourth-order valence-corrected chi connectivity index (χ4v) is 3.87. The molecule has 4 nitrogen and oxygen atoms in total. The smallest absolute Gasteiger partial charge is 0.277 e. The van der Waals surface area contributed by atoms with Crippen molar-refractivity contribution in [1.29, 1.82) is 0 Å². The van der Waals surface area contributed by atoms with Crippen molar-refractivity contribution in [1.82, 2.24) is 0 Å². The van der Waals surface area contributed by atoms with E-state index < -0.39 is 10.0 Å². The molecule has 0 aliphatic carbocycles. The van der Waals surface area contributed by atoms with Gasteiger partial charge in [-0.15, -0.1) is 0 Å². The molecule has 2 aromatic carbocycles. The van der Waals surface area contributed by atoms with E-state index in [0.717, 1.165) is 3.33 Å². The summed E-state index contributed by atoms with van der Waals surface area (Å²) in [7, 11) is -3.97. The number of hydrogen-bond donors (Lipinski definition) is 1. The third kappa shape index (κ3) is 3.03. The first-order valence-corrected chi connectivity index (χ1v) is 8.18. The molecule has 0 fully saturated rings. The molecular formula is C12H8BrCl2NO3S. The first-order chi connectivity index (χ1) is 9.32. The molecule has 0 saturated carbocycles. The Labute approximate surface area is 134 Å². The summed E-state index contributed by atoms with van der Waals surface area (Å²) < 4.78 is 25.6. The summed E-state index contributed by atoms with van der Waals surface area (Å²) in [4.78, 5) is -0.229. The van der Waals surface area contributed by atoms with E-state index in [0.29, 0.717) is 10.0 Å². The van der Waals surface area contributed by atoms with E-state index in [1.807, 2.05) is 0 Å². The van der Waals surface area contributed by atoms with Gasteiger partial charge in [0, 0.05) is 10.0 Å². The Balaban J connectivity index is 2.52. The Morgan fingerprint density at radius 3 is 2.15 bits per heavy atom. The Hall–Kier alpha value is -0.950. The van der Waals surface area contributed by atoms with Crippen molar-refractivity contribution in [2.75, 3.05) is 3.33 Å². The molecule has 20 heavy (non-hydrogen) atoms. The van der Waals surface area contributed by atoms with E-state index in [-0.39, 0.29) is 16.3 Å². The lowest BCUT2D eigenvalue weighted by molar-refractivity contribution is 0.459. The number of hydrogen-bond acceptors (Lipinski definition) is 3. The molecule has 2 aromatic rings. The van der Waals surface area contributed by atoms with E-state index in [1.165, 1.54) is 42.5 Å². The highest BCUT2D eigenvalue weighted by Gasteiger charge is 2.26. The number of anilines is 1. The highest BCUT2D eigenvalue weighted by Crippen LogP contribution is 2.34. The lowest BCUT2D eigenvalue weighted by atomic mass is 10.3. The molecule has 2 rings (SSSR count). The number of phenolic OH excluding ortho intramolecular Hbond substituents is 1. The van der Waals surface area contributed by atoms with Crippen molar-refractivity contribution >= 4 is 55.1 Å². The largest absolute Gasteiger partial charge is 0.507 e. The molecule has 0 spiro atoms. The summed E-state index contributed by atoms with van der Waals surface area (Å²) in [6.45, 7) is 0. The van der Waals surface area contributed by atoms with Crippen molar-refractivity contribution < 1.29 is 13.5 Å². The van der Waals surface area contributed by atoms with E-state index >= 15 is 0 Å². The molecular weight excluding hydrogens is 389 g/mol. The molecule has 106 valence electrons. The summed E-state index contributed by atoms with van der Waals surface area (Å²) in [5, 5.41) is 10.3. The maximum absolute atomic E-state index is 12.4. The highest BCUT2D eigenvalue weighted by atomic mass is 79.9. The molecule has 0 aliphatic rings. The van der Waals surface area contributed by atoms with E-state index in [9.17, 15) is 13.5 Å². The van der Waals surface area contributed by atoms with Crippen LogP contribution >= 0.6 is 39.3 Å². The zero-order valence-electron chi connectivity index (χ0n) is 9.79. The Morgan fingerprint density at radius 1 is 1.05 bits per heavy atom. The standard InChI is InChI=1S/C12H8BrCl2NO3S/c13-16(10-6-8(14)5-9(15)7-10)20(18,19)12-4-2-1-3-11(12)17/h1-7,17H. The van der Waals surface area contributed by atoms with Crippen LogP contribution in [0.2, 0.25) is 10.0 Å². The fraction of sp³-hybridized carbons (Fsp3) is 0. The van der Waals surface area contributed by atoms with Gasteiger partial charge in [-0.1, -0.05) is 35.3 Å². The molecule has 0 unspecified atom stereocenters. The zero-order valence-corrected chi connectivity index (χ0v) is 13.7. The van der Waals surface area contributed by atoms with Crippen LogP contribution in [-0.2, 0) is 10.0 Å². The van der Waals surface area contributed by atoms with Gasteiger partial charge in [0.1, 0.15) is 10.6 Å². The first-order valence-electron chi connectivity index (χ1n) is 5.27. The highest BCUT2D eigenvalue weighted by molar-refractivity contribution is 9.11. The lowest BCUT2D eigenvalue weighted by Crippen LogP contribution is -2.20. The summed E-state index contributed by atoms with van der Waals surface area (Å²) in [6, 6.07) is 9.98. The van der Waals surface area contributed by atoms with Gasteiger partial charge < -0.3 is 5.11 Å². The molecule has 0 heterocycles.